The first-order chi connectivity index (χ1) is 13.9. The molecule has 0 atom stereocenters. The third-order valence-electron chi connectivity index (χ3n) is 5.19. The van der Waals surface area contributed by atoms with Crippen molar-refractivity contribution < 1.29 is 22.6 Å². The van der Waals surface area contributed by atoms with Crippen LogP contribution in [0.1, 0.15) is 11.1 Å². The number of piperazine rings is 1. The number of benzene rings is 2. The standard InChI is InChI=1S/C21H26F3N3O2/c1-14-17(22)20(25)19(24)21(18(14)23)29-11-10-26-6-8-27(9-7-26)13-15-4-3-5-16(12-15)28-2/h3-5,12H,6-11,13,25H2,1-2H3. The number of methoxy groups -OCH3 is 1. The molecule has 29 heavy (non-hydrogen) atoms. The van der Waals surface area contributed by atoms with E-state index in [1.165, 1.54) is 12.5 Å². The van der Waals surface area contributed by atoms with Crippen molar-refractivity contribution in [3.05, 3.63) is 52.8 Å². The van der Waals surface area contributed by atoms with E-state index in [0.717, 1.165) is 38.5 Å². The summed E-state index contributed by atoms with van der Waals surface area (Å²) in [6, 6.07) is 8.00. The first-order valence-corrected chi connectivity index (χ1v) is 9.53. The number of nitrogen functional groups attached to an aromatic ring is 1. The molecule has 3 rings (SSSR count). The van der Waals surface area contributed by atoms with E-state index in [2.05, 4.69) is 15.9 Å². The van der Waals surface area contributed by atoms with Gasteiger partial charge in [-0.3, -0.25) is 9.80 Å². The van der Waals surface area contributed by atoms with Crippen molar-refractivity contribution in [1.29, 1.82) is 0 Å². The Labute approximate surface area is 168 Å². The van der Waals surface area contributed by atoms with Crippen molar-refractivity contribution in [2.45, 2.75) is 13.5 Å². The molecule has 0 unspecified atom stereocenters. The lowest BCUT2D eigenvalue weighted by Gasteiger charge is -2.34. The molecule has 1 fully saturated rings. The third-order valence-corrected chi connectivity index (χ3v) is 5.19. The van der Waals surface area contributed by atoms with E-state index in [-0.39, 0.29) is 12.2 Å². The first-order valence-electron chi connectivity index (χ1n) is 9.53. The zero-order valence-corrected chi connectivity index (χ0v) is 16.7. The number of ether oxygens (including phenoxy) is 2. The van der Waals surface area contributed by atoms with Gasteiger partial charge in [-0.2, -0.15) is 0 Å². The molecule has 2 N–H and O–H groups in total. The summed E-state index contributed by atoms with van der Waals surface area (Å²) in [7, 11) is 1.65. The maximum Gasteiger partial charge on any atom is 0.193 e. The molecular weight excluding hydrogens is 383 g/mol. The highest BCUT2D eigenvalue weighted by Gasteiger charge is 2.23. The van der Waals surface area contributed by atoms with E-state index in [0.29, 0.717) is 6.54 Å². The average molecular weight is 409 g/mol. The maximum absolute atomic E-state index is 14.1. The number of halogens is 3. The Morgan fingerprint density at radius 3 is 2.38 bits per heavy atom. The van der Waals surface area contributed by atoms with Crippen LogP contribution in [-0.4, -0.2) is 56.2 Å². The van der Waals surface area contributed by atoms with Gasteiger partial charge in [0.15, 0.2) is 23.2 Å². The van der Waals surface area contributed by atoms with E-state index in [4.69, 9.17) is 15.2 Å². The van der Waals surface area contributed by atoms with Crippen molar-refractivity contribution in [3.63, 3.8) is 0 Å². The minimum absolute atomic E-state index is 0.0915. The fraction of sp³-hybridized carbons (Fsp3) is 0.429. The number of hydrogen-bond donors (Lipinski definition) is 1. The lowest BCUT2D eigenvalue weighted by Crippen LogP contribution is -2.47. The average Bonchev–Trinajstić information content (AvgIpc) is 2.74. The highest BCUT2D eigenvalue weighted by atomic mass is 19.1. The van der Waals surface area contributed by atoms with Crippen LogP contribution in [-0.2, 0) is 6.54 Å². The topological polar surface area (TPSA) is 51.0 Å². The van der Waals surface area contributed by atoms with Gasteiger partial charge in [0.05, 0.1) is 7.11 Å². The SMILES string of the molecule is COc1cccc(CN2CCN(CCOc3c(F)c(C)c(F)c(N)c3F)CC2)c1. The van der Waals surface area contributed by atoms with Gasteiger partial charge >= 0.3 is 0 Å². The predicted molar refractivity (Wildman–Crippen MR) is 106 cm³/mol. The fourth-order valence-corrected chi connectivity index (χ4v) is 3.39. The lowest BCUT2D eigenvalue weighted by molar-refractivity contribution is 0.111. The molecule has 2 aromatic carbocycles. The normalized spacial score (nSPS) is 15.5. The van der Waals surface area contributed by atoms with Crippen LogP contribution in [0.25, 0.3) is 0 Å². The minimum Gasteiger partial charge on any atom is -0.497 e. The summed E-state index contributed by atoms with van der Waals surface area (Å²) in [4.78, 5) is 4.51. The summed E-state index contributed by atoms with van der Waals surface area (Å²) >= 11 is 0. The fourth-order valence-electron chi connectivity index (χ4n) is 3.39. The Bertz CT molecular complexity index is 826. The predicted octanol–water partition coefficient (Wildman–Crippen LogP) is 3.20. The van der Waals surface area contributed by atoms with E-state index in [1.807, 2.05) is 18.2 Å². The summed E-state index contributed by atoms with van der Waals surface area (Å²) in [6.07, 6.45) is 0. The highest BCUT2D eigenvalue weighted by Crippen LogP contribution is 2.32. The minimum atomic E-state index is -1.19. The molecule has 0 amide bonds. The second-order valence-electron chi connectivity index (χ2n) is 7.13. The quantitative estimate of drug-likeness (QED) is 0.712. The molecule has 0 aliphatic carbocycles. The van der Waals surface area contributed by atoms with Gasteiger partial charge in [0.1, 0.15) is 18.0 Å². The van der Waals surface area contributed by atoms with E-state index in [1.54, 1.807) is 7.11 Å². The molecule has 5 nitrogen and oxygen atoms in total. The Morgan fingerprint density at radius 1 is 1.00 bits per heavy atom. The number of anilines is 1. The number of nitrogens with zero attached hydrogens (tertiary/aromatic N) is 2. The van der Waals surface area contributed by atoms with Crippen LogP contribution in [0.5, 0.6) is 11.5 Å². The van der Waals surface area contributed by atoms with Crippen LogP contribution in [0, 0.1) is 24.4 Å². The van der Waals surface area contributed by atoms with E-state index in [9.17, 15) is 13.2 Å². The summed E-state index contributed by atoms with van der Waals surface area (Å²) in [5.41, 5.74) is 5.47. The van der Waals surface area contributed by atoms with Gasteiger partial charge in [-0.05, 0) is 24.6 Å². The smallest absolute Gasteiger partial charge is 0.193 e. The van der Waals surface area contributed by atoms with Crippen LogP contribution in [0.4, 0.5) is 18.9 Å². The van der Waals surface area contributed by atoms with Crippen molar-refractivity contribution >= 4 is 5.69 Å². The van der Waals surface area contributed by atoms with Crippen LogP contribution in [0.15, 0.2) is 24.3 Å². The molecule has 0 spiro atoms. The van der Waals surface area contributed by atoms with Gasteiger partial charge in [-0.15, -0.1) is 0 Å². The molecular formula is C21H26F3N3O2. The Hall–Kier alpha value is -2.45. The van der Waals surface area contributed by atoms with Crippen molar-refractivity contribution in [1.82, 2.24) is 9.80 Å². The third kappa shape index (κ3) is 4.94. The zero-order valence-electron chi connectivity index (χ0n) is 16.7. The van der Waals surface area contributed by atoms with Gasteiger partial charge in [0, 0.05) is 44.8 Å². The first kappa shape index (κ1) is 21.3. The zero-order chi connectivity index (χ0) is 21.0. The Kier molecular flexibility index (Phi) is 6.87. The molecule has 1 saturated heterocycles. The van der Waals surface area contributed by atoms with Gasteiger partial charge in [0.25, 0.3) is 0 Å². The highest BCUT2D eigenvalue weighted by molar-refractivity contribution is 5.51. The molecule has 0 bridgehead atoms. The van der Waals surface area contributed by atoms with E-state index >= 15 is 0 Å². The maximum atomic E-state index is 14.1. The summed E-state index contributed by atoms with van der Waals surface area (Å²) in [5, 5.41) is 0. The van der Waals surface area contributed by atoms with Gasteiger partial charge < -0.3 is 15.2 Å². The summed E-state index contributed by atoms with van der Waals surface area (Å²) in [6.45, 7) is 6.05. The van der Waals surface area contributed by atoms with Crippen molar-refractivity contribution in [3.8, 4) is 11.5 Å². The van der Waals surface area contributed by atoms with Crippen LogP contribution in [0.2, 0.25) is 0 Å². The Morgan fingerprint density at radius 2 is 1.69 bits per heavy atom. The molecule has 158 valence electrons. The second-order valence-corrected chi connectivity index (χ2v) is 7.13. The Balaban J connectivity index is 1.47. The summed E-state index contributed by atoms with van der Waals surface area (Å²) in [5.74, 6) is -3.09. The largest absolute Gasteiger partial charge is 0.497 e. The number of hydrogen-bond acceptors (Lipinski definition) is 5. The number of nitrogens with two attached hydrogens (primary N) is 1. The van der Waals surface area contributed by atoms with Gasteiger partial charge in [-0.1, -0.05) is 12.1 Å². The molecule has 0 radical (unpaired) electrons. The molecule has 1 heterocycles. The van der Waals surface area contributed by atoms with Crippen LogP contribution < -0.4 is 15.2 Å². The molecule has 2 aromatic rings. The lowest BCUT2D eigenvalue weighted by atomic mass is 10.1. The van der Waals surface area contributed by atoms with Crippen molar-refractivity contribution in [2.75, 3.05) is 52.2 Å². The summed E-state index contributed by atoms with van der Waals surface area (Å²) < 4.78 is 52.2. The van der Waals surface area contributed by atoms with Crippen LogP contribution >= 0.6 is 0 Å². The number of rotatable bonds is 7. The molecule has 1 aliphatic heterocycles. The van der Waals surface area contributed by atoms with Crippen LogP contribution in [0.3, 0.4) is 0 Å². The van der Waals surface area contributed by atoms with Gasteiger partial charge in [0.2, 0.25) is 0 Å². The van der Waals surface area contributed by atoms with Gasteiger partial charge in [-0.25, -0.2) is 13.2 Å². The molecule has 0 aromatic heterocycles. The molecule has 0 saturated carbocycles. The van der Waals surface area contributed by atoms with Crippen molar-refractivity contribution in [2.24, 2.45) is 0 Å². The molecule has 1 aliphatic rings. The second kappa shape index (κ2) is 9.37. The molecule has 8 heteroatoms. The van der Waals surface area contributed by atoms with E-state index < -0.39 is 28.9 Å². The monoisotopic (exact) mass is 409 g/mol.